The summed E-state index contributed by atoms with van der Waals surface area (Å²) in [5, 5.41) is 6.11. The Morgan fingerprint density at radius 2 is 2.08 bits per heavy atom. The Bertz CT molecular complexity index is 771. The van der Waals surface area contributed by atoms with Gasteiger partial charge in [0, 0.05) is 11.8 Å². The van der Waals surface area contributed by atoms with Crippen molar-refractivity contribution < 1.29 is 23.1 Å². The van der Waals surface area contributed by atoms with E-state index in [0.29, 0.717) is 16.3 Å². The second-order valence-electron chi connectivity index (χ2n) is 5.00. The molecular weight excluding hydrogens is 332 g/mol. The van der Waals surface area contributed by atoms with Crippen molar-refractivity contribution in [3.63, 3.8) is 0 Å². The molecule has 1 N–H and O–H groups in total. The van der Waals surface area contributed by atoms with Gasteiger partial charge in [0.25, 0.3) is 5.91 Å². The first-order chi connectivity index (χ1) is 11.4. The van der Waals surface area contributed by atoms with Gasteiger partial charge in [0.05, 0.1) is 27.0 Å². The molecule has 0 radical (unpaired) electrons. The molecule has 1 heterocycles. The van der Waals surface area contributed by atoms with Crippen LogP contribution in [0, 0.1) is 6.92 Å². The van der Waals surface area contributed by atoms with Crippen LogP contribution in [-0.4, -0.2) is 33.1 Å². The van der Waals surface area contributed by atoms with E-state index >= 15 is 0 Å². The minimum absolute atomic E-state index is 0.174. The van der Waals surface area contributed by atoms with Crippen LogP contribution in [0.5, 0.6) is 0 Å². The molecule has 7 nitrogen and oxygen atoms in total. The average Bonchev–Trinajstić information content (AvgIpc) is 2.98. The molecule has 2 rings (SSSR count). The largest absolute Gasteiger partial charge is 0.449 e. The Balaban J connectivity index is 2.06. The van der Waals surface area contributed by atoms with Gasteiger partial charge in [-0.15, -0.1) is 0 Å². The number of hydrogen-bond donors (Lipinski definition) is 1. The molecule has 0 aliphatic carbocycles. The highest BCUT2D eigenvalue weighted by Gasteiger charge is 2.22. The van der Waals surface area contributed by atoms with E-state index in [4.69, 9.17) is 9.26 Å². The summed E-state index contributed by atoms with van der Waals surface area (Å²) in [5.74, 6) is -0.698. The second-order valence-corrected chi connectivity index (χ2v) is 6.71. The highest BCUT2D eigenvalue weighted by molar-refractivity contribution is 7.85. The fourth-order valence-corrected chi connectivity index (χ4v) is 2.85. The molecule has 1 amide bonds. The number of ether oxygens (including phenoxy) is 1. The maximum absolute atomic E-state index is 12.3. The molecule has 0 saturated carbocycles. The van der Waals surface area contributed by atoms with Crippen molar-refractivity contribution in [2.24, 2.45) is 0 Å². The number of carbonyl (C=O) groups excluding carboxylic acids is 2. The van der Waals surface area contributed by atoms with Crippen LogP contribution < -0.4 is 5.32 Å². The fourth-order valence-electron chi connectivity index (χ4n) is 1.91. The molecule has 0 aliphatic rings. The van der Waals surface area contributed by atoms with Crippen molar-refractivity contribution in [2.75, 3.05) is 11.1 Å². The van der Waals surface area contributed by atoms with Crippen LogP contribution in [0.25, 0.3) is 0 Å². The number of rotatable bonds is 6. The molecule has 2 unspecified atom stereocenters. The Hall–Kier alpha value is -2.48. The Morgan fingerprint density at radius 1 is 1.38 bits per heavy atom. The lowest BCUT2D eigenvalue weighted by Crippen LogP contribution is -2.30. The van der Waals surface area contributed by atoms with Crippen LogP contribution in [0.1, 0.15) is 29.9 Å². The molecule has 8 heteroatoms. The summed E-state index contributed by atoms with van der Waals surface area (Å²) in [6.45, 7) is 4.91. The van der Waals surface area contributed by atoms with E-state index < -0.39 is 28.8 Å². The molecule has 0 spiro atoms. The predicted octanol–water partition coefficient (Wildman–Crippen LogP) is 2.29. The first-order valence-electron chi connectivity index (χ1n) is 7.35. The van der Waals surface area contributed by atoms with Gasteiger partial charge in [0.2, 0.25) is 5.88 Å². The SMILES string of the molecule is CCS(=O)c1ccccc1C(=O)OC(C)C(=O)Nc1cc(C)no1. The number of amides is 1. The number of hydrogen-bond acceptors (Lipinski definition) is 6. The van der Waals surface area contributed by atoms with E-state index in [9.17, 15) is 13.8 Å². The third-order valence-electron chi connectivity index (χ3n) is 3.14. The number of benzene rings is 1. The lowest BCUT2D eigenvalue weighted by atomic mass is 10.2. The van der Waals surface area contributed by atoms with E-state index in [1.807, 2.05) is 0 Å². The summed E-state index contributed by atoms with van der Waals surface area (Å²) in [7, 11) is -1.30. The average molecular weight is 350 g/mol. The molecule has 0 aliphatic heterocycles. The van der Waals surface area contributed by atoms with Crippen LogP contribution in [-0.2, 0) is 20.3 Å². The van der Waals surface area contributed by atoms with Crippen LogP contribution in [0.4, 0.5) is 5.88 Å². The quantitative estimate of drug-likeness (QED) is 0.803. The van der Waals surface area contributed by atoms with Crippen LogP contribution >= 0.6 is 0 Å². The zero-order chi connectivity index (χ0) is 17.7. The van der Waals surface area contributed by atoms with Crippen molar-refractivity contribution in [3.8, 4) is 0 Å². The lowest BCUT2D eigenvalue weighted by molar-refractivity contribution is -0.123. The minimum atomic E-state index is -1.30. The minimum Gasteiger partial charge on any atom is -0.449 e. The van der Waals surface area contributed by atoms with Crippen molar-refractivity contribution in [1.82, 2.24) is 5.16 Å². The van der Waals surface area contributed by atoms with E-state index in [2.05, 4.69) is 10.5 Å². The van der Waals surface area contributed by atoms with Crippen LogP contribution in [0.15, 0.2) is 39.8 Å². The number of anilines is 1. The van der Waals surface area contributed by atoms with Gasteiger partial charge in [-0.25, -0.2) is 4.79 Å². The van der Waals surface area contributed by atoms with Gasteiger partial charge in [-0.1, -0.05) is 24.2 Å². The topological polar surface area (TPSA) is 98.5 Å². The number of nitrogens with one attached hydrogen (secondary N) is 1. The van der Waals surface area contributed by atoms with E-state index in [0.717, 1.165) is 0 Å². The Labute approximate surface area is 141 Å². The first-order valence-corrected chi connectivity index (χ1v) is 8.66. The maximum Gasteiger partial charge on any atom is 0.340 e. The normalized spacial score (nSPS) is 13.1. The number of aryl methyl sites for hydroxylation is 1. The van der Waals surface area contributed by atoms with Crippen molar-refractivity contribution in [2.45, 2.75) is 31.8 Å². The molecule has 24 heavy (non-hydrogen) atoms. The highest BCUT2D eigenvalue weighted by Crippen LogP contribution is 2.16. The molecule has 0 saturated heterocycles. The number of carbonyl (C=O) groups is 2. The predicted molar refractivity (Wildman–Crippen MR) is 88.1 cm³/mol. The Kier molecular flexibility index (Phi) is 5.86. The molecule has 0 bridgehead atoms. The zero-order valence-electron chi connectivity index (χ0n) is 13.6. The molecule has 128 valence electrons. The number of esters is 1. The summed E-state index contributed by atoms with van der Waals surface area (Å²) in [5.41, 5.74) is 0.804. The maximum atomic E-state index is 12.3. The van der Waals surface area contributed by atoms with Gasteiger partial charge in [-0.05, 0) is 26.0 Å². The summed E-state index contributed by atoms with van der Waals surface area (Å²) in [4.78, 5) is 24.7. The van der Waals surface area contributed by atoms with E-state index in [-0.39, 0.29) is 11.4 Å². The van der Waals surface area contributed by atoms with Crippen molar-refractivity contribution >= 4 is 28.6 Å². The van der Waals surface area contributed by atoms with Crippen molar-refractivity contribution in [3.05, 3.63) is 41.6 Å². The zero-order valence-corrected chi connectivity index (χ0v) is 14.4. The highest BCUT2D eigenvalue weighted by atomic mass is 32.2. The summed E-state index contributed by atoms with van der Waals surface area (Å²) < 4.78 is 22.0. The third-order valence-corrected chi connectivity index (χ3v) is 4.51. The smallest absolute Gasteiger partial charge is 0.340 e. The number of nitrogens with zero attached hydrogens (tertiary/aromatic N) is 1. The summed E-state index contributed by atoms with van der Waals surface area (Å²) >= 11 is 0. The van der Waals surface area contributed by atoms with Crippen LogP contribution in [0.2, 0.25) is 0 Å². The van der Waals surface area contributed by atoms with Gasteiger partial charge in [0.15, 0.2) is 6.10 Å². The van der Waals surface area contributed by atoms with Gasteiger partial charge >= 0.3 is 5.97 Å². The van der Waals surface area contributed by atoms with E-state index in [1.54, 1.807) is 38.1 Å². The second kappa shape index (κ2) is 7.87. The standard InChI is InChI=1S/C16H18N2O5S/c1-4-24(21)13-8-6-5-7-12(13)16(20)22-11(3)15(19)17-14-9-10(2)18-23-14/h5-9,11H,4H2,1-3H3,(H,17,19). The molecule has 0 fully saturated rings. The summed E-state index contributed by atoms with van der Waals surface area (Å²) in [6, 6.07) is 8.02. The molecule has 2 aromatic rings. The third kappa shape index (κ3) is 4.29. The van der Waals surface area contributed by atoms with E-state index in [1.165, 1.54) is 13.0 Å². The number of aromatic nitrogens is 1. The molecular formula is C16H18N2O5S. The van der Waals surface area contributed by atoms with Crippen molar-refractivity contribution in [1.29, 1.82) is 0 Å². The molecule has 1 aromatic carbocycles. The monoisotopic (exact) mass is 350 g/mol. The Morgan fingerprint density at radius 3 is 2.71 bits per heavy atom. The molecule has 2 atom stereocenters. The van der Waals surface area contributed by atoms with Gasteiger partial charge in [-0.3, -0.25) is 14.3 Å². The summed E-state index contributed by atoms with van der Waals surface area (Å²) in [6.07, 6.45) is -1.05. The first kappa shape index (κ1) is 17.9. The van der Waals surface area contributed by atoms with Crippen LogP contribution in [0.3, 0.4) is 0 Å². The lowest BCUT2D eigenvalue weighted by Gasteiger charge is -2.13. The fraction of sp³-hybridized carbons (Fsp3) is 0.312. The van der Waals surface area contributed by atoms with Gasteiger partial charge in [-0.2, -0.15) is 0 Å². The molecule has 1 aromatic heterocycles. The van der Waals surface area contributed by atoms with Gasteiger partial charge in [0.1, 0.15) is 0 Å². The van der Waals surface area contributed by atoms with Gasteiger partial charge < -0.3 is 9.26 Å².